The summed E-state index contributed by atoms with van der Waals surface area (Å²) >= 11 is 0. The molecule has 6 heteroatoms. The third kappa shape index (κ3) is 2.64. The molecule has 0 aromatic carbocycles. The number of amides is 1. The van der Waals surface area contributed by atoms with E-state index in [-0.39, 0.29) is 18.1 Å². The van der Waals surface area contributed by atoms with Gasteiger partial charge in [-0.25, -0.2) is 4.79 Å². The van der Waals surface area contributed by atoms with Gasteiger partial charge in [0.05, 0.1) is 12.1 Å². The fraction of sp³-hybridized carbons (Fsp3) is 0.833. The number of hydrogen-bond acceptors (Lipinski definition) is 4. The lowest BCUT2D eigenvalue weighted by molar-refractivity contribution is -0.152. The lowest BCUT2D eigenvalue weighted by Crippen LogP contribution is -2.53. The molecule has 2 N–H and O–H groups in total. The number of methoxy groups -OCH3 is 1. The van der Waals surface area contributed by atoms with Crippen LogP contribution >= 0.6 is 0 Å². The number of ether oxygens (including phenoxy) is 1. The van der Waals surface area contributed by atoms with Crippen LogP contribution in [0.3, 0.4) is 0 Å². The Bertz CT molecular complexity index is 334. The van der Waals surface area contributed by atoms with Crippen molar-refractivity contribution in [2.75, 3.05) is 20.2 Å². The van der Waals surface area contributed by atoms with Crippen LogP contribution in [0.25, 0.3) is 0 Å². The molecule has 0 saturated carbocycles. The number of piperidine rings is 1. The molecule has 0 spiro atoms. The second-order valence-electron chi connectivity index (χ2n) is 4.94. The largest absolute Gasteiger partial charge is 0.480 e. The number of hydrogen-bond donors (Lipinski definition) is 2. The molecule has 18 heavy (non-hydrogen) atoms. The topological polar surface area (TPSA) is 78.9 Å². The Hall–Kier alpha value is -1.14. The highest BCUT2D eigenvalue weighted by molar-refractivity contribution is 5.87. The number of likely N-dealkylation sites (tertiary alicyclic amines) is 1. The highest BCUT2D eigenvalue weighted by atomic mass is 16.5. The quantitative estimate of drug-likeness (QED) is 0.733. The molecule has 1 amide bonds. The zero-order valence-corrected chi connectivity index (χ0v) is 10.6. The van der Waals surface area contributed by atoms with Crippen LogP contribution in [0.5, 0.6) is 0 Å². The van der Waals surface area contributed by atoms with Gasteiger partial charge >= 0.3 is 5.97 Å². The first-order chi connectivity index (χ1) is 8.63. The second-order valence-corrected chi connectivity index (χ2v) is 4.94. The van der Waals surface area contributed by atoms with Gasteiger partial charge in [-0.3, -0.25) is 4.79 Å². The molecule has 6 nitrogen and oxygen atoms in total. The van der Waals surface area contributed by atoms with Crippen molar-refractivity contribution in [2.24, 2.45) is 0 Å². The average molecular weight is 256 g/mol. The fourth-order valence-electron chi connectivity index (χ4n) is 2.72. The summed E-state index contributed by atoms with van der Waals surface area (Å²) in [6, 6.07) is -0.954. The zero-order valence-electron chi connectivity index (χ0n) is 10.6. The van der Waals surface area contributed by atoms with Gasteiger partial charge in [0.1, 0.15) is 6.04 Å². The number of carbonyl (C=O) groups excluding carboxylic acids is 1. The number of rotatable bonds is 3. The van der Waals surface area contributed by atoms with Crippen LogP contribution in [0, 0.1) is 0 Å². The lowest BCUT2D eigenvalue weighted by atomic mass is 10.0. The molecule has 0 bridgehead atoms. The van der Waals surface area contributed by atoms with Crippen molar-refractivity contribution in [2.45, 2.75) is 43.9 Å². The monoisotopic (exact) mass is 256 g/mol. The predicted octanol–water partition coefficient (Wildman–Crippen LogP) is -0.171. The van der Waals surface area contributed by atoms with Gasteiger partial charge < -0.3 is 20.1 Å². The normalized spacial score (nSPS) is 32.5. The molecule has 2 aliphatic rings. The van der Waals surface area contributed by atoms with Crippen molar-refractivity contribution in [1.82, 2.24) is 10.2 Å². The first-order valence-corrected chi connectivity index (χ1v) is 6.43. The van der Waals surface area contributed by atoms with Crippen molar-refractivity contribution >= 4 is 11.9 Å². The smallest absolute Gasteiger partial charge is 0.326 e. The molecule has 2 fully saturated rings. The van der Waals surface area contributed by atoms with Crippen LogP contribution < -0.4 is 5.32 Å². The van der Waals surface area contributed by atoms with Crippen LogP contribution in [0.15, 0.2) is 0 Å². The molecule has 0 radical (unpaired) electrons. The molecule has 102 valence electrons. The van der Waals surface area contributed by atoms with E-state index in [9.17, 15) is 9.59 Å². The van der Waals surface area contributed by atoms with Crippen LogP contribution in [-0.2, 0) is 14.3 Å². The highest BCUT2D eigenvalue weighted by Crippen LogP contribution is 2.21. The minimum Gasteiger partial charge on any atom is -0.480 e. The maximum atomic E-state index is 12.3. The van der Waals surface area contributed by atoms with Gasteiger partial charge in [0.2, 0.25) is 5.91 Å². The Labute approximate surface area is 106 Å². The number of carboxylic acid groups (broad SMARTS) is 1. The van der Waals surface area contributed by atoms with E-state index >= 15 is 0 Å². The van der Waals surface area contributed by atoms with Crippen LogP contribution in [0.4, 0.5) is 0 Å². The molecular formula is C12H20N2O4. The van der Waals surface area contributed by atoms with E-state index < -0.39 is 12.0 Å². The summed E-state index contributed by atoms with van der Waals surface area (Å²) in [5.41, 5.74) is 0. The van der Waals surface area contributed by atoms with Gasteiger partial charge in [0.15, 0.2) is 0 Å². The van der Waals surface area contributed by atoms with E-state index in [0.717, 1.165) is 12.8 Å². The number of carbonyl (C=O) groups is 2. The van der Waals surface area contributed by atoms with Crippen molar-refractivity contribution in [3.05, 3.63) is 0 Å². The number of nitrogens with one attached hydrogen (secondary N) is 1. The first-order valence-electron chi connectivity index (χ1n) is 6.43. The Balaban J connectivity index is 2.00. The van der Waals surface area contributed by atoms with E-state index in [2.05, 4.69) is 5.32 Å². The van der Waals surface area contributed by atoms with Gasteiger partial charge in [0, 0.05) is 20.2 Å². The van der Waals surface area contributed by atoms with Crippen LogP contribution in [0.1, 0.15) is 25.7 Å². The van der Waals surface area contributed by atoms with Gasteiger partial charge in [-0.1, -0.05) is 0 Å². The molecule has 2 heterocycles. The Kier molecular flexibility index (Phi) is 4.19. The van der Waals surface area contributed by atoms with Crippen molar-refractivity contribution in [1.29, 1.82) is 0 Å². The standard InChI is InChI=1S/C12H20N2O4/c1-18-8-6-9(13-7-8)11(15)14-5-3-2-4-10(14)12(16)17/h8-10,13H,2-7H2,1H3,(H,16,17)/t8?,9?,10-/m0/s1. The van der Waals surface area contributed by atoms with E-state index in [1.165, 1.54) is 4.90 Å². The van der Waals surface area contributed by atoms with E-state index in [1.54, 1.807) is 7.11 Å². The summed E-state index contributed by atoms with van der Waals surface area (Å²) < 4.78 is 5.20. The molecule has 0 aliphatic carbocycles. The van der Waals surface area contributed by atoms with E-state index in [4.69, 9.17) is 9.84 Å². The minimum atomic E-state index is -0.899. The Morgan fingerprint density at radius 2 is 2.17 bits per heavy atom. The highest BCUT2D eigenvalue weighted by Gasteiger charge is 2.38. The number of nitrogens with zero attached hydrogens (tertiary/aromatic N) is 1. The van der Waals surface area contributed by atoms with Crippen molar-refractivity contribution in [3.8, 4) is 0 Å². The Morgan fingerprint density at radius 3 is 2.78 bits per heavy atom. The molecular weight excluding hydrogens is 236 g/mol. The van der Waals surface area contributed by atoms with Gasteiger partial charge in [-0.2, -0.15) is 0 Å². The predicted molar refractivity (Wildman–Crippen MR) is 64.2 cm³/mol. The summed E-state index contributed by atoms with van der Waals surface area (Å²) in [6.45, 7) is 1.20. The number of aliphatic carboxylic acids is 1. The molecule has 2 aliphatic heterocycles. The molecule has 2 rings (SSSR count). The summed E-state index contributed by atoms with van der Waals surface area (Å²) in [6.07, 6.45) is 2.99. The van der Waals surface area contributed by atoms with Gasteiger partial charge in [-0.15, -0.1) is 0 Å². The molecule has 0 aromatic heterocycles. The summed E-state index contributed by atoms with van der Waals surface area (Å²) in [5.74, 6) is -0.994. The minimum absolute atomic E-state index is 0.0482. The average Bonchev–Trinajstić information content (AvgIpc) is 2.86. The maximum Gasteiger partial charge on any atom is 0.326 e. The Morgan fingerprint density at radius 1 is 1.39 bits per heavy atom. The van der Waals surface area contributed by atoms with Crippen molar-refractivity contribution in [3.63, 3.8) is 0 Å². The van der Waals surface area contributed by atoms with Crippen LogP contribution in [0.2, 0.25) is 0 Å². The van der Waals surface area contributed by atoms with Gasteiger partial charge in [0.25, 0.3) is 0 Å². The molecule has 2 saturated heterocycles. The molecule has 0 aromatic rings. The summed E-state index contributed by atoms with van der Waals surface area (Å²) in [7, 11) is 1.63. The summed E-state index contributed by atoms with van der Waals surface area (Å²) in [4.78, 5) is 25.0. The SMILES string of the molecule is COC1CNC(C(=O)N2CCCC[C@H]2C(=O)O)C1. The van der Waals surface area contributed by atoms with Crippen LogP contribution in [-0.4, -0.2) is 60.3 Å². The zero-order chi connectivity index (χ0) is 13.1. The third-order valence-electron chi connectivity index (χ3n) is 3.79. The fourth-order valence-corrected chi connectivity index (χ4v) is 2.72. The first kappa shape index (κ1) is 13.3. The molecule has 2 unspecified atom stereocenters. The second kappa shape index (κ2) is 5.67. The van der Waals surface area contributed by atoms with Crippen molar-refractivity contribution < 1.29 is 19.4 Å². The third-order valence-corrected chi connectivity index (χ3v) is 3.79. The van der Waals surface area contributed by atoms with E-state index in [1.807, 2.05) is 0 Å². The summed E-state index contributed by atoms with van der Waals surface area (Å²) in [5, 5.41) is 12.3. The maximum absolute atomic E-state index is 12.3. The molecule has 3 atom stereocenters. The van der Waals surface area contributed by atoms with E-state index in [0.29, 0.717) is 25.9 Å². The lowest BCUT2D eigenvalue weighted by Gasteiger charge is -2.34. The van der Waals surface area contributed by atoms with Gasteiger partial charge in [-0.05, 0) is 25.7 Å². The number of carboxylic acids is 1.